The van der Waals surface area contributed by atoms with Gasteiger partial charge in [-0.25, -0.2) is 0 Å². The average Bonchev–Trinajstić information content (AvgIpc) is 2.38. The van der Waals surface area contributed by atoms with Crippen LogP contribution in [0.4, 0.5) is 5.69 Å². The summed E-state index contributed by atoms with van der Waals surface area (Å²) in [5.41, 5.74) is 6.31. The van der Waals surface area contributed by atoms with Gasteiger partial charge >= 0.3 is 0 Å². The van der Waals surface area contributed by atoms with Gasteiger partial charge in [-0.3, -0.25) is 4.79 Å². The number of benzene rings is 1. The van der Waals surface area contributed by atoms with E-state index >= 15 is 0 Å². The maximum absolute atomic E-state index is 12.0. The minimum Gasteiger partial charge on any atom is -0.497 e. The number of nitrogens with one attached hydrogen (secondary N) is 1. The van der Waals surface area contributed by atoms with Crippen LogP contribution >= 0.6 is 15.9 Å². The monoisotopic (exact) mass is 314 g/mol. The first-order chi connectivity index (χ1) is 8.62. The van der Waals surface area contributed by atoms with Crippen LogP contribution in [-0.2, 0) is 4.79 Å². The molecule has 1 amide bonds. The molecular formula is C13H19BrN2O2. The van der Waals surface area contributed by atoms with E-state index in [9.17, 15) is 4.79 Å². The molecule has 0 heterocycles. The lowest BCUT2D eigenvalue weighted by atomic mass is 10.0. The minimum absolute atomic E-state index is 0.0479. The number of ether oxygens (including phenoxy) is 1. The zero-order valence-electron chi connectivity index (χ0n) is 10.7. The van der Waals surface area contributed by atoms with Crippen molar-refractivity contribution in [3.63, 3.8) is 0 Å². The Morgan fingerprint density at radius 1 is 1.56 bits per heavy atom. The molecule has 0 aliphatic rings. The van der Waals surface area contributed by atoms with Crippen molar-refractivity contribution in [1.29, 1.82) is 0 Å². The normalized spacial score (nSPS) is 12.0. The molecular weight excluding hydrogens is 296 g/mol. The van der Waals surface area contributed by atoms with Crippen molar-refractivity contribution in [3.8, 4) is 5.75 Å². The van der Waals surface area contributed by atoms with Gasteiger partial charge in [0.15, 0.2) is 0 Å². The lowest BCUT2D eigenvalue weighted by Crippen LogP contribution is -2.29. The molecule has 0 fully saturated rings. The molecule has 0 radical (unpaired) electrons. The number of carbonyl (C=O) groups excluding carboxylic acids is 1. The van der Waals surface area contributed by atoms with E-state index in [4.69, 9.17) is 10.5 Å². The van der Waals surface area contributed by atoms with Crippen LogP contribution < -0.4 is 15.8 Å². The van der Waals surface area contributed by atoms with Gasteiger partial charge in [0.1, 0.15) is 5.75 Å². The standard InChI is InChI=1S/C13H19BrN2O2/c1-3-4-9(8-15)13(17)16-12-7-10(18-2)5-6-11(12)14/h5-7,9H,3-4,8,15H2,1-2H3,(H,16,17). The summed E-state index contributed by atoms with van der Waals surface area (Å²) in [6.45, 7) is 2.40. The van der Waals surface area contributed by atoms with E-state index in [0.717, 1.165) is 17.3 Å². The third-order valence-corrected chi connectivity index (χ3v) is 3.42. The minimum atomic E-state index is -0.145. The van der Waals surface area contributed by atoms with Gasteiger partial charge in [-0.15, -0.1) is 0 Å². The fraction of sp³-hybridized carbons (Fsp3) is 0.462. The summed E-state index contributed by atoms with van der Waals surface area (Å²) < 4.78 is 5.95. The summed E-state index contributed by atoms with van der Waals surface area (Å²) in [7, 11) is 1.59. The van der Waals surface area contributed by atoms with Crippen molar-refractivity contribution < 1.29 is 9.53 Å². The molecule has 0 bridgehead atoms. The lowest BCUT2D eigenvalue weighted by molar-refractivity contribution is -0.119. The molecule has 0 saturated carbocycles. The van der Waals surface area contributed by atoms with Crippen LogP contribution in [0.15, 0.2) is 22.7 Å². The van der Waals surface area contributed by atoms with Gasteiger partial charge in [0.2, 0.25) is 5.91 Å². The molecule has 0 aliphatic carbocycles. The van der Waals surface area contributed by atoms with Crippen LogP contribution in [0, 0.1) is 5.92 Å². The summed E-state index contributed by atoms with van der Waals surface area (Å²) in [6.07, 6.45) is 1.73. The van der Waals surface area contributed by atoms with Gasteiger partial charge in [0, 0.05) is 17.1 Å². The third kappa shape index (κ3) is 3.99. The van der Waals surface area contributed by atoms with Crippen molar-refractivity contribution in [1.82, 2.24) is 0 Å². The summed E-state index contributed by atoms with van der Waals surface area (Å²) >= 11 is 3.40. The SMILES string of the molecule is CCCC(CN)C(=O)Nc1cc(OC)ccc1Br. The van der Waals surface area contributed by atoms with Crippen molar-refractivity contribution in [3.05, 3.63) is 22.7 Å². The number of hydrogen-bond donors (Lipinski definition) is 2. The number of amides is 1. The Balaban J connectivity index is 2.79. The number of rotatable bonds is 6. The molecule has 100 valence electrons. The number of halogens is 1. The molecule has 1 rings (SSSR count). The second-order valence-corrected chi connectivity index (χ2v) is 4.91. The Bertz CT molecular complexity index is 410. The van der Waals surface area contributed by atoms with E-state index in [2.05, 4.69) is 21.2 Å². The van der Waals surface area contributed by atoms with E-state index < -0.39 is 0 Å². The van der Waals surface area contributed by atoms with Gasteiger partial charge in [-0.1, -0.05) is 13.3 Å². The first kappa shape index (κ1) is 15.0. The number of hydrogen-bond acceptors (Lipinski definition) is 3. The van der Waals surface area contributed by atoms with Gasteiger partial charge < -0.3 is 15.8 Å². The second kappa shape index (κ2) is 7.38. The molecule has 1 aromatic carbocycles. The van der Waals surface area contributed by atoms with Crippen molar-refractivity contribution >= 4 is 27.5 Å². The van der Waals surface area contributed by atoms with Crippen LogP contribution in [0.5, 0.6) is 5.75 Å². The average molecular weight is 315 g/mol. The molecule has 0 aromatic heterocycles. The second-order valence-electron chi connectivity index (χ2n) is 4.06. The maximum Gasteiger partial charge on any atom is 0.228 e. The van der Waals surface area contributed by atoms with E-state index in [-0.39, 0.29) is 11.8 Å². The molecule has 1 atom stereocenters. The Kier molecular flexibility index (Phi) is 6.15. The van der Waals surface area contributed by atoms with Crippen molar-refractivity contribution in [2.24, 2.45) is 11.7 Å². The molecule has 4 nitrogen and oxygen atoms in total. The number of nitrogens with two attached hydrogens (primary N) is 1. The van der Waals surface area contributed by atoms with E-state index in [1.54, 1.807) is 13.2 Å². The fourth-order valence-corrected chi connectivity index (χ4v) is 2.01. The summed E-state index contributed by atoms with van der Waals surface area (Å²) in [6, 6.07) is 5.44. The smallest absolute Gasteiger partial charge is 0.228 e. The van der Waals surface area contributed by atoms with Crippen molar-refractivity contribution in [2.45, 2.75) is 19.8 Å². The third-order valence-electron chi connectivity index (χ3n) is 2.72. The predicted octanol–water partition coefficient (Wildman–Crippen LogP) is 2.77. The zero-order chi connectivity index (χ0) is 13.5. The largest absolute Gasteiger partial charge is 0.497 e. The van der Waals surface area contributed by atoms with Crippen LogP contribution in [0.3, 0.4) is 0 Å². The van der Waals surface area contributed by atoms with E-state index in [1.165, 1.54) is 0 Å². The van der Waals surface area contributed by atoms with Crippen LogP contribution in [0.2, 0.25) is 0 Å². The molecule has 0 spiro atoms. The predicted molar refractivity (Wildman–Crippen MR) is 76.8 cm³/mol. The van der Waals surface area contributed by atoms with Crippen molar-refractivity contribution in [2.75, 3.05) is 19.0 Å². The van der Waals surface area contributed by atoms with Crippen LogP contribution in [0.25, 0.3) is 0 Å². The van der Waals surface area contributed by atoms with Gasteiger partial charge in [0.25, 0.3) is 0 Å². The summed E-state index contributed by atoms with van der Waals surface area (Å²) in [5, 5.41) is 2.87. The Labute approximate surface area is 116 Å². The molecule has 3 N–H and O–H groups in total. The van der Waals surface area contributed by atoms with E-state index in [1.807, 2.05) is 19.1 Å². The number of methoxy groups -OCH3 is 1. The highest BCUT2D eigenvalue weighted by Gasteiger charge is 2.16. The number of carbonyl (C=O) groups is 1. The first-order valence-corrected chi connectivity index (χ1v) is 6.76. The number of anilines is 1. The molecule has 1 aromatic rings. The lowest BCUT2D eigenvalue weighted by Gasteiger charge is -2.15. The summed E-state index contributed by atoms with van der Waals surface area (Å²) in [4.78, 5) is 12.0. The quantitative estimate of drug-likeness (QED) is 0.848. The van der Waals surface area contributed by atoms with Gasteiger partial charge in [0.05, 0.1) is 18.7 Å². The van der Waals surface area contributed by atoms with Gasteiger partial charge in [-0.2, -0.15) is 0 Å². The highest BCUT2D eigenvalue weighted by Crippen LogP contribution is 2.27. The molecule has 0 saturated heterocycles. The highest BCUT2D eigenvalue weighted by molar-refractivity contribution is 9.10. The molecule has 0 aliphatic heterocycles. The van der Waals surface area contributed by atoms with Gasteiger partial charge in [-0.05, 0) is 34.5 Å². The fourth-order valence-electron chi connectivity index (χ4n) is 1.67. The van der Waals surface area contributed by atoms with Crippen LogP contribution in [0.1, 0.15) is 19.8 Å². The Morgan fingerprint density at radius 3 is 2.83 bits per heavy atom. The molecule has 18 heavy (non-hydrogen) atoms. The first-order valence-electron chi connectivity index (χ1n) is 5.96. The highest BCUT2D eigenvalue weighted by atomic mass is 79.9. The Morgan fingerprint density at radius 2 is 2.28 bits per heavy atom. The molecule has 5 heteroatoms. The summed E-state index contributed by atoms with van der Waals surface area (Å²) in [5.74, 6) is 0.509. The zero-order valence-corrected chi connectivity index (χ0v) is 12.3. The Hall–Kier alpha value is -1.07. The topological polar surface area (TPSA) is 64.4 Å². The van der Waals surface area contributed by atoms with Crippen LogP contribution in [-0.4, -0.2) is 19.6 Å². The van der Waals surface area contributed by atoms with E-state index in [0.29, 0.717) is 18.0 Å². The molecule has 1 unspecified atom stereocenters. The maximum atomic E-state index is 12.0.